The largest absolute Gasteiger partial charge is 0.461 e. The van der Waals surface area contributed by atoms with E-state index in [0.717, 1.165) is 29.7 Å². The molecule has 4 rings (SSSR count). The normalized spacial score (nSPS) is 38.5. The van der Waals surface area contributed by atoms with E-state index in [1.807, 2.05) is 37.3 Å². The number of Topliss-reactive ketones (excluding diaryl/α,β-unsaturated/α-hetero) is 1. The van der Waals surface area contributed by atoms with Crippen LogP contribution in [0.3, 0.4) is 0 Å². The van der Waals surface area contributed by atoms with Crippen LogP contribution in [-0.4, -0.2) is 40.8 Å². The molecule has 1 aromatic carbocycles. The monoisotopic (exact) mass is 542 g/mol. The minimum atomic E-state index is -0.679. The zero-order valence-electron chi connectivity index (χ0n) is 23.3. The molecule has 3 unspecified atom stereocenters. The molecule has 0 heterocycles. The van der Waals surface area contributed by atoms with Gasteiger partial charge in [0.05, 0.1) is 11.9 Å². The number of thioether (sulfide) groups is 1. The maximum atomic E-state index is 13.5. The van der Waals surface area contributed by atoms with Crippen molar-refractivity contribution in [2.75, 3.05) is 5.75 Å². The van der Waals surface area contributed by atoms with Crippen molar-refractivity contribution in [1.82, 2.24) is 0 Å². The van der Waals surface area contributed by atoms with E-state index < -0.39 is 23.0 Å². The standard InChI is InChI=1S/C31H42O6S/c1-7-29(5)16-25(37-26(34)18-38-23-10-8-9-22(15-23)17-36-21(4)32)30(6)19(2)11-13-31(20(3)28(29)35)14-12-24(33)27(30)31/h7-10,15,19-20,25,27-28,35H,1,11-14,16-18H2,2-6H3/t19?,20-,25+,27?,28-,29+,30-,31?/m0/s1. The van der Waals surface area contributed by atoms with E-state index in [2.05, 4.69) is 27.4 Å². The van der Waals surface area contributed by atoms with Gasteiger partial charge in [0.25, 0.3) is 0 Å². The summed E-state index contributed by atoms with van der Waals surface area (Å²) in [6, 6.07) is 7.56. The van der Waals surface area contributed by atoms with E-state index in [9.17, 15) is 19.5 Å². The van der Waals surface area contributed by atoms with Gasteiger partial charge in [0, 0.05) is 35.0 Å². The van der Waals surface area contributed by atoms with Crippen LogP contribution >= 0.6 is 11.8 Å². The third kappa shape index (κ3) is 4.97. The molecule has 1 aromatic rings. The topological polar surface area (TPSA) is 89.9 Å². The second-order valence-corrected chi connectivity index (χ2v) is 13.3. The van der Waals surface area contributed by atoms with Crippen LogP contribution in [0.15, 0.2) is 41.8 Å². The zero-order valence-corrected chi connectivity index (χ0v) is 24.1. The minimum Gasteiger partial charge on any atom is -0.461 e. The molecule has 0 radical (unpaired) electrons. The van der Waals surface area contributed by atoms with Gasteiger partial charge in [0.15, 0.2) is 0 Å². The first-order valence-corrected chi connectivity index (χ1v) is 14.7. The van der Waals surface area contributed by atoms with Crippen LogP contribution in [0.1, 0.15) is 72.3 Å². The maximum absolute atomic E-state index is 13.5. The Balaban J connectivity index is 1.59. The van der Waals surface area contributed by atoms with Crippen molar-refractivity contribution in [3.05, 3.63) is 42.5 Å². The molecular weight excluding hydrogens is 500 g/mol. The molecule has 7 heteroatoms. The Hall–Kier alpha value is -2.12. The van der Waals surface area contributed by atoms with E-state index in [1.165, 1.54) is 18.7 Å². The van der Waals surface area contributed by atoms with Gasteiger partial charge in [-0.1, -0.05) is 45.9 Å². The lowest BCUT2D eigenvalue weighted by Gasteiger charge is -2.61. The van der Waals surface area contributed by atoms with E-state index in [0.29, 0.717) is 12.8 Å². The minimum absolute atomic E-state index is 0.0553. The first kappa shape index (κ1) is 28.9. The molecule has 2 bridgehead atoms. The lowest BCUT2D eigenvalue weighted by atomic mass is 9.44. The molecular formula is C31H42O6S. The number of hydrogen-bond donors (Lipinski definition) is 1. The van der Waals surface area contributed by atoms with Gasteiger partial charge < -0.3 is 14.6 Å². The van der Waals surface area contributed by atoms with E-state index in [4.69, 9.17) is 9.47 Å². The summed E-state index contributed by atoms with van der Waals surface area (Å²) < 4.78 is 11.4. The summed E-state index contributed by atoms with van der Waals surface area (Å²) in [5, 5.41) is 11.6. The predicted molar refractivity (Wildman–Crippen MR) is 147 cm³/mol. The summed E-state index contributed by atoms with van der Waals surface area (Å²) in [5.41, 5.74) is -0.605. The first-order valence-electron chi connectivity index (χ1n) is 13.8. The molecule has 0 amide bonds. The Bertz CT molecular complexity index is 1100. The van der Waals surface area contributed by atoms with Crippen LogP contribution < -0.4 is 0 Å². The van der Waals surface area contributed by atoms with Gasteiger partial charge in [-0.2, -0.15) is 0 Å². The van der Waals surface area contributed by atoms with E-state index in [-0.39, 0.29) is 53.3 Å². The molecule has 208 valence electrons. The SMILES string of the molecule is C=C[C@]1(C)C[C@@H](OC(=O)CSc2cccc(COC(C)=O)c2)[C@]2(C)C(C)CCC3(CCC(=O)C32)[C@@H](C)[C@@H]1O. The fraction of sp³-hybridized carbons (Fsp3) is 0.645. The van der Waals surface area contributed by atoms with Gasteiger partial charge in [-0.05, 0) is 60.6 Å². The number of hydrogen-bond acceptors (Lipinski definition) is 7. The van der Waals surface area contributed by atoms with Crippen molar-refractivity contribution in [1.29, 1.82) is 0 Å². The Labute approximate surface area is 230 Å². The van der Waals surface area contributed by atoms with Crippen LogP contribution in [0.2, 0.25) is 0 Å². The smallest absolute Gasteiger partial charge is 0.316 e. The summed E-state index contributed by atoms with van der Waals surface area (Å²) in [7, 11) is 0. The number of rotatable bonds is 7. The van der Waals surface area contributed by atoms with Crippen molar-refractivity contribution in [3.63, 3.8) is 0 Å². The average Bonchev–Trinajstić information content (AvgIpc) is 3.25. The van der Waals surface area contributed by atoms with Crippen LogP contribution in [0.5, 0.6) is 0 Å². The second-order valence-electron chi connectivity index (χ2n) is 12.3. The molecule has 1 N–H and O–H groups in total. The molecule has 0 spiro atoms. The van der Waals surface area contributed by atoms with Gasteiger partial charge in [0.1, 0.15) is 18.5 Å². The number of aliphatic hydroxyl groups is 1. The lowest BCUT2D eigenvalue weighted by molar-refractivity contribution is -0.205. The molecule has 0 aromatic heterocycles. The zero-order chi connectivity index (χ0) is 27.9. The highest BCUT2D eigenvalue weighted by atomic mass is 32.2. The highest BCUT2D eigenvalue weighted by Gasteiger charge is 2.68. The third-order valence-corrected chi connectivity index (χ3v) is 11.2. The molecule has 3 saturated carbocycles. The van der Waals surface area contributed by atoms with Crippen LogP contribution in [-0.2, 0) is 30.5 Å². The molecule has 0 aliphatic heterocycles. The van der Waals surface area contributed by atoms with Gasteiger partial charge >= 0.3 is 11.9 Å². The fourth-order valence-corrected chi connectivity index (χ4v) is 8.51. The summed E-state index contributed by atoms with van der Waals surface area (Å²) in [6.45, 7) is 14.1. The number of aliphatic hydroxyl groups excluding tert-OH is 1. The van der Waals surface area contributed by atoms with Gasteiger partial charge in [-0.3, -0.25) is 14.4 Å². The maximum Gasteiger partial charge on any atom is 0.316 e. The number of esters is 2. The Morgan fingerprint density at radius 1 is 1.24 bits per heavy atom. The third-order valence-electron chi connectivity index (χ3n) is 10.3. The number of carbonyl (C=O) groups is 3. The molecule has 8 atom stereocenters. The van der Waals surface area contributed by atoms with Crippen LogP contribution in [0.4, 0.5) is 0 Å². The Kier molecular flexibility index (Phi) is 8.21. The first-order chi connectivity index (χ1) is 17.9. The van der Waals surface area contributed by atoms with Crippen molar-refractivity contribution in [2.45, 2.75) is 90.4 Å². The van der Waals surface area contributed by atoms with Crippen molar-refractivity contribution >= 4 is 29.5 Å². The summed E-state index contributed by atoms with van der Waals surface area (Å²) >= 11 is 1.37. The molecule has 6 nitrogen and oxygen atoms in total. The Morgan fingerprint density at radius 2 is 1.97 bits per heavy atom. The lowest BCUT2D eigenvalue weighted by Crippen LogP contribution is -2.63. The van der Waals surface area contributed by atoms with E-state index >= 15 is 0 Å². The number of ketones is 1. The average molecular weight is 543 g/mol. The number of carbonyl (C=O) groups excluding carboxylic acids is 3. The molecule has 3 fully saturated rings. The Morgan fingerprint density at radius 3 is 2.66 bits per heavy atom. The fourth-order valence-electron chi connectivity index (χ4n) is 7.75. The second kappa shape index (κ2) is 10.8. The van der Waals surface area contributed by atoms with Gasteiger partial charge in [-0.25, -0.2) is 0 Å². The van der Waals surface area contributed by atoms with Crippen LogP contribution in [0.25, 0.3) is 0 Å². The van der Waals surface area contributed by atoms with Crippen molar-refractivity contribution < 1.29 is 29.0 Å². The summed E-state index contributed by atoms with van der Waals surface area (Å²) in [6.07, 6.45) is 4.21. The van der Waals surface area contributed by atoms with E-state index in [1.54, 1.807) is 0 Å². The van der Waals surface area contributed by atoms with Gasteiger partial charge in [0.2, 0.25) is 0 Å². The summed E-state index contributed by atoms with van der Waals surface area (Å²) in [4.78, 5) is 38.9. The molecule has 3 aliphatic carbocycles. The van der Waals surface area contributed by atoms with Crippen molar-refractivity contribution in [3.8, 4) is 0 Å². The number of benzene rings is 1. The number of ether oxygens (including phenoxy) is 2. The molecule has 38 heavy (non-hydrogen) atoms. The molecule has 0 saturated heterocycles. The predicted octanol–water partition coefficient (Wildman–Crippen LogP) is 5.75. The summed E-state index contributed by atoms with van der Waals surface area (Å²) in [5.74, 6) is -0.405. The molecule has 3 aliphatic rings. The van der Waals surface area contributed by atoms with Crippen LogP contribution in [0, 0.1) is 34.0 Å². The quantitative estimate of drug-likeness (QED) is 0.267. The highest BCUT2D eigenvalue weighted by molar-refractivity contribution is 8.00. The highest BCUT2D eigenvalue weighted by Crippen LogP contribution is 2.68. The van der Waals surface area contributed by atoms with Crippen molar-refractivity contribution in [2.24, 2.45) is 34.0 Å². The van der Waals surface area contributed by atoms with Gasteiger partial charge in [-0.15, -0.1) is 18.3 Å².